The molecule has 0 aliphatic carbocycles. The lowest BCUT2D eigenvalue weighted by atomic mass is 10.1. The van der Waals surface area contributed by atoms with Crippen LogP contribution in [0.3, 0.4) is 0 Å². The van der Waals surface area contributed by atoms with Gasteiger partial charge in [-0.3, -0.25) is 4.79 Å². The molecule has 0 aromatic heterocycles. The third-order valence-electron chi connectivity index (χ3n) is 3.92. The van der Waals surface area contributed by atoms with E-state index in [0.717, 1.165) is 0 Å². The molecule has 0 spiro atoms. The van der Waals surface area contributed by atoms with Crippen molar-refractivity contribution in [3.05, 3.63) is 65.1 Å². The van der Waals surface area contributed by atoms with Crippen LogP contribution in [-0.4, -0.2) is 38.0 Å². The number of carbonyl (C=O) groups is 2. The maximum Gasteiger partial charge on any atom is 0.363 e. The number of likely N-dealkylation sites (N-methyl/N-ethyl adjacent to an activating group) is 1. The standard InChI is InChI=1S/C21H19FN2O5/c1-3-23-19(25)12-28-17-8-7-13(10-18(17)27-2)9-16-21(26)29-20(24-16)14-5-4-6-15(22)11-14/h4-11H,3,12H2,1-2H3,(H,23,25)/b16-9-. The second-order valence-electron chi connectivity index (χ2n) is 6.00. The van der Waals surface area contributed by atoms with Gasteiger partial charge in [0.15, 0.2) is 23.8 Å². The number of hydrogen-bond acceptors (Lipinski definition) is 6. The average molecular weight is 398 g/mol. The van der Waals surface area contributed by atoms with E-state index in [0.29, 0.717) is 29.2 Å². The lowest BCUT2D eigenvalue weighted by molar-refractivity contribution is -0.130. The minimum Gasteiger partial charge on any atom is -0.493 e. The van der Waals surface area contributed by atoms with Gasteiger partial charge in [0.25, 0.3) is 5.91 Å². The lowest BCUT2D eigenvalue weighted by Gasteiger charge is -2.11. The van der Waals surface area contributed by atoms with Gasteiger partial charge in [-0.25, -0.2) is 14.2 Å². The monoisotopic (exact) mass is 398 g/mol. The Kier molecular flexibility index (Phi) is 6.23. The summed E-state index contributed by atoms with van der Waals surface area (Å²) in [4.78, 5) is 27.8. The number of aliphatic imine (C=N–C) groups is 1. The van der Waals surface area contributed by atoms with Gasteiger partial charge in [0.05, 0.1) is 7.11 Å². The zero-order chi connectivity index (χ0) is 20.8. The fraction of sp³-hybridized carbons (Fsp3) is 0.190. The molecule has 0 atom stereocenters. The predicted octanol–water partition coefficient (Wildman–Crippen LogP) is 2.69. The molecule has 0 radical (unpaired) electrons. The van der Waals surface area contributed by atoms with E-state index in [2.05, 4.69) is 10.3 Å². The summed E-state index contributed by atoms with van der Waals surface area (Å²) in [6.45, 7) is 2.19. The smallest absolute Gasteiger partial charge is 0.363 e. The van der Waals surface area contributed by atoms with Crippen molar-refractivity contribution >= 4 is 23.9 Å². The lowest BCUT2D eigenvalue weighted by Crippen LogP contribution is -2.28. The van der Waals surface area contributed by atoms with Gasteiger partial charge in [-0.2, -0.15) is 0 Å². The maximum atomic E-state index is 13.4. The molecule has 3 rings (SSSR count). The molecule has 1 heterocycles. The van der Waals surface area contributed by atoms with E-state index in [9.17, 15) is 14.0 Å². The molecule has 1 amide bonds. The highest BCUT2D eigenvalue weighted by Gasteiger charge is 2.24. The summed E-state index contributed by atoms with van der Waals surface area (Å²) in [5.74, 6) is -0.516. The van der Waals surface area contributed by atoms with Gasteiger partial charge in [-0.05, 0) is 48.9 Å². The van der Waals surface area contributed by atoms with Crippen LogP contribution in [-0.2, 0) is 14.3 Å². The van der Waals surface area contributed by atoms with Crippen molar-refractivity contribution in [1.29, 1.82) is 0 Å². The van der Waals surface area contributed by atoms with Crippen molar-refractivity contribution in [2.75, 3.05) is 20.3 Å². The minimum absolute atomic E-state index is 0.0367. The number of halogens is 1. The fourth-order valence-corrected chi connectivity index (χ4v) is 2.60. The topological polar surface area (TPSA) is 86.2 Å². The normalized spacial score (nSPS) is 14.4. The first kappa shape index (κ1) is 20.1. The van der Waals surface area contributed by atoms with Crippen molar-refractivity contribution in [2.45, 2.75) is 6.92 Å². The highest BCUT2D eigenvalue weighted by atomic mass is 19.1. The maximum absolute atomic E-state index is 13.4. The Balaban J connectivity index is 1.80. The number of methoxy groups -OCH3 is 1. The summed E-state index contributed by atoms with van der Waals surface area (Å²) < 4.78 is 29.3. The number of nitrogens with one attached hydrogen (secondary N) is 1. The van der Waals surface area contributed by atoms with Crippen molar-refractivity contribution in [3.8, 4) is 11.5 Å². The molecular weight excluding hydrogens is 379 g/mol. The van der Waals surface area contributed by atoms with Crippen LogP contribution >= 0.6 is 0 Å². The summed E-state index contributed by atoms with van der Waals surface area (Å²) in [6, 6.07) is 10.6. The molecule has 150 valence electrons. The number of hydrogen-bond donors (Lipinski definition) is 1. The van der Waals surface area contributed by atoms with Crippen LogP contribution in [0.4, 0.5) is 4.39 Å². The zero-order valence-electron chi connectivity index (χ0n) is 15.9. The molecule has 0 unspecified atom stereocenters. The third kappa shape index (κ3) is 4.98. The first-order valence-electron chi connectivity index (χ1n) is 8.86. The van der Waals surface area contributed by atoms with Crippen LogP contribution in [0.15, 0.2) is 53.2 Å². The average Bonchev–Trinajstić information content (AvgIpc) is 3.07. The molecule has 7 nitrogen and oxygen atoms in total. The zero-order valence-corrected chi connectivity index (χ0v) is 15.9. The molecule has 1 aliphatic heterocycles. The van der Waals surface area contributed by atoms with Gasteiger partial charge in [-0.15, -0.1) is 0 Å². The van der Waals surface area contributed by atoms with Crippen molar-refractivity contribution in [2.24, 2.45) is 4.99 Å². The van der Waals surface area contributed by atoms with E-state index in [1.54, 1.807) is 24.3 Å². The molecule has 8 heteroatoms. The van der Waals surface area contributed by atoms with Crippen LogP contribution < -0.4 is 14.8 Å². The van der Waals surface area contributed by atoms with Crippen LogP contribution in [0.5, 0.6) is 11.5 Å². The van der Waals surface area contributed by atoms with Gasteiger partial charge in [0.1, 0.15) is 5.82 Å². The van der Waals surface area contributed by atoms with Crippen LogP contribution in [0.25, 0.3) is 6.08 Å². The first-order valence-corrected chi connectivity index (χ1v) is 8.86. The minimum atomic E-state index is -0.639. The Morgan fingerprint density at radius 1 is 1.24 bits per heavy atom. The fourth-order valence-electron chi connectivity index (χ4n) is 2.60. The van der Waals surface area contributed by atoms with Crippen LogP contribution in [0, 0.1) is 5.82 Å². The van der Waals surface area contributed by atoms with Crippen LogP contribution in [0.2, 0.25) is 0 Å². The van der Waals surface area contributed by atoms with E-state index in [1.165, 1.54) is 31.4 Å². The number of benzene rings is 2. The highest BCUT2D eigenvalue weighted by molar-refractivity contribution is 6.12. The summed E-state index contributed by atoms with van der Waals surface area (Å²) in [5.41, 5.74) is 1.05. The molecule has 2 aromatic rings. The van der Waals surface area contributed by atoms with Crippen molar-refractivity contribution < 1.29 is 28.2 Å². The van der Waals surface area contributed by atoms with E-state index < -0.39 is 11.8 Å². The Hall–Kier alpha value is -3.68. The summed E-state index contributed by atoms with van der Waals surface area (Å²) in [6.07, 6.45) is 1.52. The first-order chi connectivity index (χ1) is 14.0. The number of nitrogens with zero attached hydrogens (tertiary/aromatic N) is 1. The van der Waals surface area contributed by atoms with E-state index in [4.69, 9.17) is 14.2 Å². The van der Waals surface area contributed by atoms with Crippen molar-refractivity contribution in [1.82, 2.24) is 5.32 Å². The van der Waals surface area contributed by atoms with Gasteiger partial charge in [0, 0.05) is 12.1 Å². The Labute approximate surface area is 166 Å². The van der Waals surface area contributed by atoms with Gasteiger partial charge < -0.3 is 19.5 Å². The van der Waals surface area contributed by atoms with Gasteiger partial charge in [0.2, 0.25) is 5.90 Å². The molecule has 1 aliphatic rings. The molecular formula is C21H19FN2O5. The SMILES string of the molecule is CCNC(=O)COc1ccc(/C=C2\N=C(c3cccc(F)c3)OC2=O)cc1OC. The number of amides is 1. The summed E-state index contributed by atoms with van der Waals surface area (Å²) >= 11 is 0. The molecule has 29 heavy (non-hydrogen) atoms. The number of ether oxygens (including phenoxy) is 3. The molecule has 2 aromatic carbocycles. The van der Waals surface area contributed by atoms with Gasteiger partial charge in [-0.1, -0.05) is 12.1 Å². The van der Waals surface area contributed by atoms with Gasteiger partial charge >= 0.3 is 5.97 Å². The Bertz CT molecular complexity index is 1000. The molecule has 0 bridgehead atoms. The Morgan fingerprint density at radius 3 is 2.79 bits per heavy atom. The third-order valence-corrected chi connectivity index (χ3v) is 3.92. The predicted molar refractivity (Wildman–Crippen MR) is 104 cm³/mol. The molecule has 0 saturated carbocycles. The number of esters is 1. The second kappa shape index (κ2) is 9.01. The molecule has 0 fully saturated rings. The number of cyclic esters (lactones) is 1. The van der Waals surface area contributed by atoms with E-state index >= 15 is 0 Å². The summed E-state index contributed by atoms with van der Waals surface area (Å²) in [7, 11) is 1.47. The quantitative estimate of drug-likeness (QED) is 0.573. The van der Waals surface area contributed by atoms with Crippen molar-refractivity contribution in [3.63, 3.8) is 0 Å². The second-order valence-corrected chi connectivity index (χ2v) is 6.00. The van der Waals surface area contributed by atoms with E-state index in [-0.39, 0.29) is 24.1 Å². The summed E-state index contributed by atoms with van der Waals surface area (Å²) in [5, 5.41) is 2.63. The number of carbonyl (C=O) groups excluding carboxylic acids is 2. The number of rotatable bonds is 7. The Morgan fingerprint density at radius 2 is 2.07 bits per heavy atom. The van der Waals surface area contributed by atoms with E-state index in [1.807, 2.05) is 6.92 Å². The molecule has 0 saturated heterocycles. The highest BCUT2D eigenvalue weighted by Crippen LogP contribution is 2.29. The largest absolute Gasteiger partial charge is 0.493 e. The van der Waals surface area contributed by atoms with Crippen LogP contribution in [0.1, 0.15) is 18.1 Å². The molecule has 1 N–H and O–H groups in total.